The topological polar surface area (TPSA) is 168 Å². The number of benzene rings is 1. The van der Waals surface area contributed by atoms with E-state index >= 15 is 0 Å². The molecule has 11 heteroatoms. The maximum Gasteiger partial charge on any atom is 0.255 e. The van der Waals surface area contributed by atoms with Crippen molar-refractivity contribution < 1.29 is 34.8 Å². The average molecular weight is 539 g/mol. The van der Waals surface area contributed by atoms with Crippen LogP contribution >= 0.6 is 0 Å². The van der Waals surface area contributed by atoms with Crippen LogP contribution in [0.4, 0.5) is 5.69 Å². The Morgan fingerprint density at radius 2 is 1.77 bits per heavy atom. The van der Waals surface area contributed by atoms with E-state index in [4.69, 9.17) is 5.73 Å². The molecule has 0 fully saturated rings. The molecule has 4 atom stereocenters. The quantitative estimate of drug-likeness (QED) is 0.264. The molecule has 1 amide bonds. The summed E-state index contributed by atoms with van der Waals surface area (Å²) in [6.45, 7) is 1.82. The molecule has 0 saturated carbocycles. The Morgan fingerprint density at radius 3 is 2.33 bits per heavy atom. The normalized spacial score (nSPS) is 28.6. The summed E-state index contributed by atoms with van der Waals surface area (Å²) >= 11 is 0. The van der Waals surface area contributed by atoms with Gasteiger partial charge in [0.05, 0.1) is 11.6 Å². The zero-order valence-electron chi connectivity index (χ0n) is 22.4. The molecule has 1 aromatic carbocycles. The van der Waals surface area contributed by atoms with Crippen LogP contribution in [0.1, 0.15) is 27.9 Å². The summed E-state index contributed by atoms with van der Waals surface area (Å²) in [5, 5.41) is 45.5. The summed E-state index contributed by atoms with van der Waals surface area (Å²) in [4.78, 5) is 45.1. The highest BCUT2D eigenvalue weighted by molar-refractivity contribution is 6.24. The molecule has 0 spiro atoms. The van der Waals surface area contributed by atoms with E-state index in [0.29, 0.717) is 30.8 Å². The number of aliphatic hydroxyl groups is 3. The second kappa shape index (κ2) is 9.22. The summed E-state index contributed by atoms with van der Waals surface area (Å²) < 4.78 is 0. The molecule has 11 nitrogen and oxygen atoms in total. The molecule has 0 unspecified atom stereocenters. The van der Waals surface area contributed by atoms with E-state index in [1.807, 2.05) is 37.2 Å². The Labute approximate surface area is 226 Å². The van der Waals surface area contributed by atoms with E-state index in [9.17, 15) is 34.8 Å². The first-order valence-corrected chi connectivity index (χ1v) is 12.9. The number of carbonyl (C=O) groups is 3. The molecule has 3 aliphatic carbocycles. The van der Waals surface area contributed by atoms with Crippen molar-refractivity contribution >= 4 is 23.2 Å². The molecule has 1 heterocycles. The van der Waals surface area contributed by atoms with E-state index in [1.54, 1.807) is 14.1 Å². The van der Waals surface area contributed by atoms with Gasteiger partial charge in [-0.15, -0.1) is 0 Å². The van der Waals surface area contributed by atoms with Gasteiger partial charge in [-0.3, -0.25) is 24.2 Å². The van der Waals surface area contributed by atoms with Crippen molar-refractivity contribution in [3.8, 4) is 5.75 Å². The molecule has 1 aromatic rings. The molecule has 0 aromatic heterocycles. The van der Waals surface area contributed by atoms with Crippen LogP contribution in [0.5, 0.6) is 5.75 Å². The largest absolute Gasteiger partial charge is 0.510 e. The number of aromatic hydroxyl groups is 1. The van der Waals surface area contributed by atoms with Gasteiger partial charge in [-0.05, 0) is 44.5 Å². The Hall–Kier alpha value is -3.67. The number of carbonyl (C=O) groups excluding carboxylic acids is 3. The number of nitrogens with zero attached hydrogens (tertiary/aromatic N) is 3. The maximum atomic E-state index is 14.1. The SMILES string of the molecule is CN(C)c1cc(CN2CC=CC2)c(O)c2c1C[C@H]1C[C@H]3[C@H](N(C)C)C(O)=C(C(N)=O)C(=O)[C@@]3(O)C(O)=C1C2=O. The fraction of sp³-hybridized carbons (Fsp3) is 0.464. The predicted molar refractivity (Wildman–Crippen MR) is 142 cm³/mol. The minimum absolute atomic E-state index is 0.0316. The molecule has 39 heavy (non-hydrogen) atoms. The Morgan fingerprint density at radius 1 is 1.13 bits per heavy atom. The first kappa shape index (κ1) is 26.9. The minimum Gasteiger partial charge on any atom is -0.510 e. The predicted octanol–water partition coefficient (Wildman–Crippen LogP) is 0.558. The van der Waals surface area contributed by atoms with E-state index in [-0.39, 0.29) is 29.7 Å². The van der Waals surface area contributed by atoms with E-state index in [0.717, 1.165) is 5.69 Å². The van der Waals surface area contributed by atoms with Crippen molar-refractivity contribution in [2.24, 2.45) is 17.6 Å². The number of hydrogen-bond acceptors (Lipinski definition) is 10. The molecular formula is C28H34N4O7. The Balaban J connectivity index is 1.69. The lowest BCUT2D eigenvalue weighted by Gasteiger charge is -2.50. The lowest BCUT2D eigenvalue weighted by atomic mass is 9.58. The zero-order valence-corrected chi connectivity index (χ0v) is 22.4. The summed E-state index contributed by atoms with van der Waals surface area (Å²) in [6, 6.07) is 0.849. The van der Waals surface area contributed by atoms with Crippen molar-refractivity contribution in [2.75, 3.05) is 46.2 Å². The van der Waals surface area contributed by atoms with Crippen LogP contribution in [-0.4, -0.2) is 101 Å². The lowest BCUT2D eigenvalue weighted by molar-refractivity contribution is -0.148. The third kappa shape index (κ3) is 3.79. The van der Waals surface area contributed by atoms with Gasteiger partial charge in [0.2, 0.25) is 5.78 Å². The van der Waals surface area contributed by atoms with Crippen LogP contribution in [0, 0.1) is 11.8 Å². The van der Waals surface area contributed by atoms with Crippen LogP contribution in [0.3, 0.4) is 0 Å². The molecule has 0 bridgehead atoms. The summed E-state index contributed by atoms with van der Waals surface area (Å²) in [5.41, 5.74) is 3.71. The Kier molecular flexibility index (Phi) is 6.36. The second-order valence-electron chi connectivity index (χ2n) is 11.3. The number of fused-ring (bicyclic) bond motifs is 3. The van der Waals surface area contributed by atoms with E-state index in [1.165, 1.54) is 4.90 Å². The number of allylic oxidation sites excluding steroid dienone is 1. The van der Waals surface area contributed by atoms with Crippen molar-refractivity contribution in [1.82, 2.24) is 9.80 Å². The number of hydrogen-bond donors (Lipinski definition) is 5. The van der Waals surface area contributed by atoms with Gasteiger partial charge < -0.3 is 31.1 Å². The number of aliphatic hydroxyl groups excluding tert-OH is 2. The second-order valence-corrected chi connectivity index (χ2v) is 11.3. The molecular weight excluding hydrogens is 504 g/mol. The monoisotopic (exact) mass is 538 g/mol. The fourth-order valence-corrected chi connectivity index (χ4v) is 6.76. The minimum atomic E-state index is -2.65. The number of ketones is 2. The number of nitrogens with two attached hydrogens (primary N) is 1. The molecule has 0 radical (unpaired) electrons. The smallest absolute Gasteiger partial charge is 0.255 e. The first-order chi connectivity index (χ1) is 18.3. The van der Waals surface area contributed by atoms with E-state index in [2.05, 4.69) is 4.90 Å². The highest BCUT2D eigenvalue weighted by Crippen LogP contribution is 2.53. The van der Waals surface area contributed by atoms with Crippen molar-refractivity contribution in [2.45, 2.75) is 31.0 Å². The van der Waals surface area contributed by atoms with Gasteiger partial charge in [0.25, 0.3) is 5.91 Å². The van der Waals surface area contributed by atoms with Gasteiger partial charge in [0.1, 0.15) is 22.8 Å². The van der Waals surface area contributed by atoms with Crippen LogP contribution in [-0.2, 0) is 22.6 Å². The third-order valence-corrected chi connectivity index (χ3v) is 8.55. The third-order valence-electron chi connectivity index (χ3n) is 8.55. The van der Waals surface area contributed by atoms with Gasteiger partial charge in [-0.25, -0.2) is 0 Å². The van der Waals surface area contributed by atoms with E-state index < -0.39 is 58.0 Å². The van der Waals surface area contributed by atoms with Crippen LogP contribution in [0.2, 0.25) is 0 Å². The highest BCUT2D eigenvalue weighted by Gasteiger charge is 2.63. The number of likely N-dealkylation sites (N-methyl/N-ethyl adjacent to an activating group) is 1. The van der Waals surface area contributed by atoms with Crippen molar-refractivity contribution in [3.63, 3.8) is 0 Å². The standard InChI is InChI=1S/C28H34N4O7/c1-30(2)17-11-14(12-32-7-5-6-8-32)22(33)19-15(17)9-13-10-16-21(31(3)4)24(35)20(27(29)38)26(37)28(16,39)25(36)18(13)23(19)34/h5-6,11,13,16,21,33,35-36,39H,7-10,12H2,1-4H3,(H2,29,38)/t13-,16-,21-,28-/m0/s1. The molecule has 1 aliphatic heterocycles. The van der Waals surface area contributed by atoms with Crippen LogP contribution in [0.15, 0.2) is 40.9 Å². The number of primary amides is 1. The first-order valence-electron chi connectivity index (χ1n) is 12.9. The average Bonchev–Trinajstić information content (AvgIpc) is 3.35. The number of phenols is 1. The molecule has 5 rings (SSSR count). The number of anilines is 1. The van der Waals surface area contributed by atoms with Gasteiger partial charge in [0, 0.05) is 56.5 Å². The summed E-state index contributed by atoms with van der Waals surface area (Å²) in [5.74, 6) is -6.47. The van der Waals surface area contributed by atoms with Crippen molar-refractivity contribution in [3.05, 3.63) is 57.6 Å². The van der Waals surface area contributed by atoms with Crippen LogP contribution < -0.4 is 10.6 Å². The highest BCUT2D eigenvalue weighted by atomic mass is 16.3. The number of rotatable bonds is 5. The van der Waals surface area contributed by atoms with Crippen LogP contribution in [0.25, 0.3) is 0 Å². The number of Topliss-reactive ketones (excluding diaryl/α,β-unsaturated/α-hetero) is 2. The van der Waals surface area contributed by atoms with Crippen molar-refractivity contribution in [1.29, 1.82) is 0 Å². The fourth-order valence-electron chi connectivity index (χ4n) is 6.76. The Bertz CT molecular complexity index is 1380. The maximum absolute atomic E-state index is 14.1. The molecule has 208 valence electrons. The van der Waals surface area contributed by atoms with Gasteiger partial charge in [0.15, 0.2) is 11.4 Å². The number of amides is 1. The molecule has 0 saturated heterocycles. The van der Waals surface area contributed by atoms with Gasteiger partial charge >= 0.3 is 0 Å². The zero-order chi connectivity index (χ0) is 28.5. The summed E-state index contributed by atoms with van der Waals surface area (Å²) in [7, 11) is 6.90. The van der Waals surface area contributed by atoms with Gasteiger partial charge in [-0.2, -0.15) is 0 Å². The number of phenolic OH excluding ortho intramolecular Hbond substituents is 1. The summed E-state index contributed by atoms with van der Waals surface area (Å²) in [6.07, 6.45) is 4.35. The molecule has 4 aliphatic rings. The molecule has 6 N–H and O–H groups in total. The lowest BCUT2D eigenvalue weighted by Crippen LogP contribution is -2.63. The van der Waals surface area contributed by atoms with Gasteiger partial charge in [-0.1, -0.05) is 12.2 Å².